The van der Waals surface area contributed by atoms with Gasteiger partial charge in [0, 0.05) is 10.4 Å². The molecule has 0 unspecified atom stereocenters. The van der Waals surface area contributed by atoms with E-state index < -0.39 is 0 Å². The van der Waals surface area contributed by atoms with Crippen LogP contribution >= 0.6 is 59.4 Å². The highest BCUT2D eigenvalue weighted by atomic mass is 79.9. The topological polar surface area (TPSA) is 9.23 Å². The summed E-state index contributed by atoms with van der Waals surface area (Å²) in [6.07, 6.45) is 3.19. The van der Waals surface area contributed by atoms with Gasteiger partial charge in [-0.15, -0.1) is 11.6 Å². The van der Waals surface area contributed by atoms with Crippen molar-refractivity contribution in [1.29, 1.82) is 0 Å². The van der Waals surface area contributed by atoms with Crippen LogP contribution < -0.4 is 4.74 Å². The molecule has 0 heterocycles. The summed E-state index contributed by atoms with van der Waals surface area (Å²) in [5.41, 5.74) is 0. The van der Waals surface area contributed by atoms with Crippen molar-refractivity contribution in [1.82, 2.24) is 0 Å². The average molecular weight is 435 g/mol. The normalized spacial score (nSPS) is 10.5. The lowest BCUT2D eigenvalue weighted by molar-refractivity contribution is 0.302. The van der Waals surface area contributed by atoms with E-state index >= 15 is 0 Å². The SMILES string of the molecule is ClCCCCCOc1c(Br)cc(Br)cc1Br. The maximum absolute atomic E-state index is 5.71. The molecule has 0 N–H and O–H groups in total. The Morgan fingerprint density at radius 3 is 2.19 bits per heavy atom. The number of rotatable bonds is 6. The Bertz CT molecular complexity index is 321. The Kier molecular flexibility index (Phi) is 7.37. The minimum Gasteiger partial charge on any atom is -0.491 e. The smallest absolute Gasteiger partial charge is 0.147 e. The van der Waals surface area contributed by atoms with Crippen LogP contribution in [0.3, 0.4) is 0 Å². The minimum atomic E-state index is 0.718. The number of halogens is 4. The third-order valence-electron chi connectivity index (χ3n) is 1.99. The molecule has 5 heteroatoms. The quantitative estimate of drug-likeness (QED) is 0.408. The molecule has 0 saturated carbocycles. The van der Waals surface area contributed by atoms with E-state index in [-0.39, 0.29) is 0 Å². The van der Waals surface area contributed by atoms with E-state index in [0.717, 1.165) is 50.9 Å². The Hall–Kier alpha value is 0.750. The van der Waals surface area contributed by atoms with Crippen molar-refractivity contribution in [2.75, 3.05) is 12.5 Å². The molecule has 1 rings (SSSR count). The molecule has 1 aromatic carbocycles. The van der Waals surface area contributed by atoms with E-state index in [1.807, 2.05) is 12.1 Å². The molecule has 90 valence electrons. The second-order valence-corrected chi connectivity index (χ2v) is 6.30. The van der Waals surface area contributed by atoms with Crippen LogP contribution in [0.4, 0.5) is 0 Å². The first-order valence-electron chi connectivity index (χ1n) is 4.98. The molecule has 0 aliphatic rings. The van der Waals surface area contributed by atoms with Crippen molar-refractivity contribution in [2.45, 2.75) is 19.3 Å². The van der Waals surface area contributed by atoms with E-state index in [9.17, 15) is 0 Å². The van der Waals surface area contributed by atoms with Crippen molar-refractivity contribution in [3.8, 4) is 5.75 Å². The molecule has 16 heavy (non-hydrogen) atoms. The standard InChI is InChI=1S/C11H12Br3ClO/c12-8-6-9(13)11(10(14)7-8)16-5-3-1-2-4-15/h6-7H,1-5H2. The molecular weight excluding hydrogens is 423 g/mol. The van der Waals surface area contributed by atoms with Gasteiger partial charge >= 0.3 is 0 Å². The van der Waals surface area contributed by atoms with Crippen LogP contribution in [-0.4, -0.2) is 12.5 Å². The van der Waals surface area contributed by atoms with Gasteiger partial charge in [-0.25, -0.2) is 0 Å². The summed E-state index contributed by atoms with van der Waals surface area (Å²) < 4.78 is 8.63. The fraction of sp³-hybridized carbons (Fsp3) is 0.455. The monoisotopic (exact) mass is 432 g/mol. The van der Waals surface area contributed by atoms with Gasteiger partial charge in [-0.05, 0) is 63.3 Å². The maximum Gasteiger partial charge on any atom is 0.147 e. The summed E-state index contributed by atoms with van der Waals surface area (Å²) in [6, 6.07) is 3.94. The summed E-state index contributed by atoms with van der Waals surface area (Å²) in [5.74, 6) is 1.58. The van der Waals surface area contributed by atoms with E-state index in [2.05, 4.69) is 47.8 Å². The van der Waals surface area contributed by atoms with Gasteiger partial charge in [-0.3, -0.25) is 0 Å². The van der Waals surface area contributed by atoms with Crippen molar-refractivity contribution < 1.29 is 4.74 Å². The molecule has 0 spiro atoms. The van der Waals surface area contributed by atoms with Crippen LogP contribution in [0.5, 0.6) is 5.75 Å². The van der Waals surface area contributed by atoms with Crippen molar-refractivity contribution in [3.05, 3.63) is 25.6 Å². The number of unbranched alkanes of at least 4 members (excludes halogenated alkanes) is 2. The van der Waals surface area contributed by atoms with E-state index in [1.165, 1.54) is 0 Å². The number of hydrogen-bond donors (Lipinski definition) is 0. The largest absolute Gasteiger partial charge is 0.491 e. The lowest BCUT2D eigenvalue weighted by Gasteiger charge is -2.10. The Morgan fingerprint density at radius 1 is 1.00 bits per heavy atom. The highest BCUT2D eigenvalue weighted by Crippen LogP contribution is 2.36. The minimum absolute atomic E-state index is 0.718. The van der Waals surface area contributed by atoms with Gasteiger partial charge in [0.2, 0.25) is 0 Å². The number of ether oxygens (including phenoxy) is 1. The molecule has 0 fully saturated rings. The van der Waals surface area contributed by atoms with Crippen molar-refractivity contribution in [3.63, 3.8) is 0 Å². The van der Waals surface area contributed by atoms with Gasteiger partial charge in [0.1, 0.15) is 5.75 Å². The van der Waals surface area contributed by atoms with Gasteiger partial charge in [-0.2, -0.15) is 0 Å². The summed E-state index contributed by atoms with van der Waals surface area (Å²) in [4.78, 5) is 0. The Balaban J connectivity index is 2.47. The van der Waals surface area contributed by atoms with E-state index in [4.69, 9.17) is 16.3 Å². The second kappa shape index (κ2) is 7.96. The van der Waals surface area contributed by atoms with Crippen LogP contribution in [-0.2, 0) is 0 Å². The van der Waals surface area contributed by atoms with Gasteiger partial charge in [-0.1, -0.05) is 15.9 Å². The fourth-order valence-corrected chi connectivity index (χ4v) is 3.89. The first kappa shape index (κ1) is 14.8. The van der Waals surface area contributed by atoms with Crippen molar-refractivity contribution >= 4 is 59.4 Å². The molecule has 1 aromatic rings. The number of alkyl halides is 1. The van der Waals surface area contributed by atoms with Crippen LogP contribution in [0, 0.1) is 0 Å². The summed E-state index contributed by atoms with van der Waals surface area (Å²) in [7, 11) is 0. The van der Waals surface area contributed by atoms with Crippen LogP contribution in [0.2, 0.25) is 0 Å². The van der Waals surface area contributed by atoms with Gasteiger partial charge in [0.05, 0.1) is 15.6 Å². The number of hydrogen-bond acceptors (Lipinski definition) is 1. The zero-order valence-electron chi connectivity index (χ0n) is 8.61. The Morgan fingerprint density at radius 2 is 1.62 bits per heavy atom. The molecule has 1 nitrogen and oxygen atoms in total. The first-order valence-corrected chi connectivity index (χ1v) is 7.90. The number of benzene rings is 1. The lowest BCUT2D eigenvalue weighted by Crippen LogP contribution is -1.99. The van der Waals surface area contributed by atoms with E-state index in [0.29, 0.717) is 0 Å². The van der Waals surface area contributed by atoms with Crippen LogP contribution in [0.15, 0.2) is 25.6 Å². The predicted octanol–water partition coefficient (Wildman–Crippen LogP) is 5.76. The molecule has 0 aliphatic carbocycles. The lowest BCUT2D eigenvalue weighted by atomic mass is 10.3. The molecule has 0 radical (unpaired) electrons. The van der Waals surface area contributed by atoms with Crippen LogP contribution in [0.1, 0.15) is 19.3 Å². The van der Waals surface area contributed by atoms with Crippen molar-refractivity contribution in [2.24, 2.45) is 0 Å². The molecule has 0 aromatic heterocycles. The maximum atomic E-state index is 5.71. The summed E-state index contributed by atoms with van der Waals surface area (Å²) in [6.45, 7) is 0.718. The van der Waals surface area contributed by atoms with Gasteiger partial charge in [0.15, 0.2) is 0 Å². The van der Waals surface area contributed by atoms with Gasteiger partial charge in [0.25, 0.3) is 0 Å². The van der Waals surface area contributed by atoms with Crippen LogP contribution in [0.25, 0.3) is 0 Å². The molecular formula is C11H12Br3ClO. The van der Waals surface area contributed by atoms with E-state index in [1.54, 1.807) is 0 Å². The summed E-state index contributed by atoms with van der Waals surface area (Å²) >= 11 is 16.0. The second-order valence-electron chi connectivity index (χ2n) is 3.30. The molecule has 0 bridgehead atoms. The molecule has 0 aliphatic heterocycles. The fourth-order valence-electron chi connectivity index (χ4n) is 1.21. The highest BCUT2D eigenvalue weighted by Gasteiger charge is 2.07. The zero-order valence-corrected chi connectivity index (χ0v) is 14.1. The highest BCUT2D eigenvalue weighted by molar-refractivity contribution is 9.11. The molecule has 0 atom stereocenters. The first-order chi connectivity index (χ1) is 7.65. The predicted molar refractivity (Wildman–Crippen MR) is 79.6 cm³/mol. The molecule has 0 amide bonds. The summed E-state index contributed by atoms with van der Waals surface area (Å²) in [5, 5.41) is 0. The average Bonchev–Trinajstić information content (AvgIpc) is 2.20. The van der Waals surface area contributed by atoms with Gasteiger partial charge < -0.3 is 4.74 Å². The third-order valence-corrected chi connectivity index (χ3v) is 3.89. The molecule has 0 saturated heterocycles. The Labute approximate surface area is 126 Å². The zero-order chi connectivity index (χ0) is 12.0. The third kappa shape index (κ3) is 4.94.